The monoisotopic (exact) mass is 298 g/mol. The normalized spacial score (nSPS) is 8.77. The largest absolute Gasteiger partial charge is 0.508 e. The second-order valence-corrected chi connectivity index (χ2v) is 4.26. The van der Waals surface area contributed by atoms with Gasteiger partial charge in [-0.05, 0) is 42.8 Å². The Bertz CT molecular complexity index is 625. The molecule has 1 aromatic heterocycles. The Balaban J connectivity index is 0.000000166. The fourth-order valence-electron chi connectivity index (χ4n) is 1.35. The number of aryl methyl sites for hydroxylation is 1. The highest BCUT2D eigenvalue weighted by Gasteiger charge is 1.87. The Hall–Kier alpha value is -3.01. The molecule has 0 saturated heterocycles. The quantitative estimate of drug-likeness (QED) is 0.661. The Morgan fingerprint density at radius 1 is 0.864 bits per heavy atom. The van der Waals surface area contributed by atoms with E-state index in [-0.39, 0.29) is 0 Å². The van der Waals surface area contributed by atoms with Crippen molar-refractivity contribution in [2.24, 2.45) is 0 Å². The second kappa shape index (κ2) is 9.83. The summed E-state index contributed by atoms with van der Waals surface area (Å²) in [5.74, 6) is 1.06. The maximum atomic E-state index is 9.77. The lowest BCUT2D eigenvalue weighted by molar-refractivity contribution is 0.110. The average molecular weight is 298 g/mol. The Kier molecular flexibility index (Phi) is 7.61. The summed E-state index contributed by atoms with van der Waals surface area (Å²) >= 11 is 0. The molecule has 4 nitrogen and oxygen atoms in total. The van der Waals surface area contributed by atoms with Gasteiger partial charge in [0.05, 0.1) is 6.26 Å². The zero-order chi connectivity index (χ0) is 16.2. The van der Waals surface area contributed by atoms with E-state index < -0.39 is 0 Å². The highest BCUT2D eigenvalue weighted by Crippen LogP contribution is 2.12. The molecule has 0 spiro atoms. The second-order valence-electron chi connectivity index (χ2n) is 4.26. The summed E-state index contributed by atoms with van der Waals surface area (Å²) in [7, 11) is 0. The highest BCUT2D eigenvalue weighted by molar-refractivity contribution is 5.69. The third kappa shape index (κ3) is 6.96. The summed E-state index contributed by atoms with van der Waals surface area (Å²) < 4.78 is 4.61. The molecule has 2 N–H and O–H groups in total. The van der Waals surface area contributed by atoms with Crippen molar-refractivity contribution in [2.75, 3.05) is 0 Å². The molecule has 0 amide bonds. The zero-order valence-corrected chi connectivity index (χ0v) is 12.2. The molecule has 0 atom stereocenters. The van der Waals surface area contributed by atoms with Crippen molar-refractivity contribution < 1.29 is 19.4 Å². The maximum Gasteiger partial charge on any atom is 0.185 e. The zero-order valence-electron chi connectivity index (χ0n) is 12.2. The minimum absolute atomic E-state index is 0.322. The van der Waals surface area contributed by atoms with Crippen LogP contribution in [0.2, 0.25) is 0 Å². The minimum Gasteiger partial charge on any atom is -0.508 e. The Morgan fingerprint density at radius 2 is 1.50 bits per heavy atom. The number of para-hydroxylation sites is 2. The van der Waals surface area contributed by atoms with Crippen LogP contribution >= 0.6 is 0 Å². The van der Waals surface area contributed by atoms with E-state index in [2.05, 4.69) is 4.42 Å². The van der Waals surface area contributed by atoms with Gasteiger partial charge in [0.2, 0.25) is 0 Å². The van der Waals surface area contributed by atoms with Crippen molar-refractivity contribution >= 4 is 6.29 Å². The fraction of sp³-hybridized carbons (Fsp3) is 0.0556. The number of furan rings is 1. The number of phenolic OH excluding ortho intramolecular Hbond substituents is 2. The maximum absolute atomic E-state index is 9.77. The van der Waals surface area contributed by atoms with Crippen LogP contribution in [0, 0.1) is 6.92 Å². The summed E-state index contributed by atoms with van der Waals surface area (Å²) in [6.45, 7) is 1.87. The third-order valence-electron chi connectivity index (χ3n) is 2.53. The minimum atomic E-state index is 0.322. The Morgan fingerprint density at radius 3 is 1.82 bits per heavy atom. The first kappa shape index (κ1) is 17.0. The molecule has 0 fully saturated rings. The smallest absolute Gasteiger partial charge is 0.185 e. The highest BCUT2D eigenvalue weighted by atomic mass is 16.3. The number of hydrogen-bond donors (Lipinski definition) is 2. The van der Waals surface area contributed by atoms with Gasteiger partial charge >= 0.3 is 0 Å². The van der Waals surface area contributed by atoms with Crippen molar-refractivity contribution in [3.63, 3.8) is 0 Å². The van der Waals surface area contributed by atoms with Gasteiger partial charge in [-0.2, -0.15) is 0 Å². The number of phenols is 2. The predicted molar refractivity (Wildman–Crippen MR) is 85.0 cm³/mol. The molecule has 0 unspecified atom stereocenters. The van der Waals surface area contributed by atoms with Crippen molar-refractivity contribution in [1.29, 1.82) is 0 Å². The summed E-state index contributed by atoms with van der Waals surface area (Å²) in [5.41, 5.74) is 0.924. The van der Waals surface area contributed by atoms with Crippen LogP contribution in [0.15, 0.2) is 77.4 Å². The molecule has 4 heteroatoms. The van der Waals surface area contributed by atoms with Crippen molar-refractivity contribution in [3.8, 4) is 11.5 Å². The molecule has 2 aromatic carbocycles. The van der Waals surface area contributed by atoms with Gasteiger partial charge in [0.25, 0.3) is 0 Å². The standard InChI is InChI=1S/C7H8O.C6H6O.C5H4O2/c1-6-4-2-3-5-7(6)8;7-6-4-2-1-3-5-6;6-4-5-2-1-3-7-5/h2-5,8H,1H3;1-5,7H;1-4H. The lowest BCUT2D eigenvalue weighted by atomic mass is 10.2. The van der Waals surface area contributed by atoms with Gasteiger partial charge in [0.15, 0.2) is 12.0 Å². The molecule has 3 aromatic rings. The molecule has 0 bridgehead atoms. The van der Waals surface area contributed by atoms with E-state index >= 15 is 0 Å². The van der Waals surface area contributed by atoms with E-state index in [1.54, 1.807) is 42.5 Å². The number of rotatable bonds is 1. The van der Waals surface area contributed by atoms with Gasteiger partial charge in [-0.15, -0.1) is 0 Å². The molecular weight excluding hydrogens is 280 g/mol. The lowest BCUT2D eigenvalue weighted by Gasteiger charge is -1.92. The first-order valence-corrected chi connectivity index (χ1v) is 6.60. The van der Waals surface area contributed by atoms with E-state index in [1.165, 1.54) is 6.26 Å². The van der Waals surface area contributed by atoms with Crippen molar-refractivity contribution in [1.82, 2.24) is 0 Å². The molecule has 22 heavy (non-hydrogen) atoms. The molecule has 114 valence electrons. The molecule has 0 aliphatic heterocycles. The molecule has 1 heterocycles. The van der Waals surface area contributed by atoms with Gasteiger partial charge in [0, 0.05) is 0 Å². The van der Waals surface area contributed by atoms with Crippen molar-refractivity contribution in [3.05, 3.63) is 84.3 Å². The first-order chi connectivity index (χ1) is 10.6. The van der Waals surface area contributed by atoms with Crippen LogP contribution in [0.4, 0.5) is 0 Å². The summed E-state index contributed by atoms with van der Waals surface area (Å²) in [5, 5.41) is 17.6. The third-order valence-corrected chi connectivity index (χ3v) is 2.53. The van der Waals surface area contributed by atoms with Crippen LogP contribution in [0.1, 0.15) is 16.1 Å². The molecule has 3 rings (SSSR count). The Labute approximate surface area is 129 Å². The van der Waals surface area contributed by atoms with E-state index in [4.69, 9.17) is 10.2 Å². The van der Waals surface area contributed by atoms with Crippen LogP contribution in [-0.2, 0) is 0 Å². The van der Waals surface area contributed by atoms with Crippen molar-refractivity contribution in [2.45, 2.75) is 6.92 Å². The number of carbonyl (C=O) groups excluding carboxylic acids is 1. The van der Waals surface area contributed by atoms with Crippen LogP contribution in [0.5, 0.6) is 11.5 Å². The molecular formula is C18H18O4. The van der Waals surface area contributed by atoms with Crippen LogP contribution in [-0.4, -0.2) is 16.5 Å². The molecule has 0 aliphatic rings. The number of hydrogen-bond acceptors (Lipinski definition) is 4. The summed E-state index contributed by atoms with van der Waals surface area (Å²) in [6, 6.07) is 19.2. The first-order valence-electron chi connectivity index (χ1n) is 6.60. The van der Waals surface area contributed by atoms with Gasteiger partial charge < -0.3 is 14.6 Å². The fourth-order valence-corrected chi connectivity index (χ4v) is 1.35. The SMILES string of the molecule is Cc1ccccc1O.O=Cc1ccco1.Oc1ccccc1. The lowest BCUT2D eigenvalue weighted by Crippen LogP contribution is -1.68. The van der Waals surface area contributed by atoms with Crippen LogP contribution in [0.25, 0.3) is 0 Å². The summed E-state index contributed by atoms with van der Waals surface area (Å²) in [6.07, 6.45) is 2.13. The van der Waals surface area contributed by atoms with E-state index in [0.717, 1.165) is 5.56 Å². The molecule has 0 aliphatic carbocycles. The summed E-state index contributed by atoms with van der Waals surface area (Å²) in [4.78, 5) is 9.77. The van der Waals surface area contributed by atoms with Gasteiger partial charge in [-0.3, -0.25) is 4.79 Å². The number of aldehydes is 1. The average Bonchev–Trinajstić information content (AvgIpc) is 3.06. The van der Waals surface area contributed by atoms with E-state index in [9.17, 15) is 4.79 Å². The number of benzene rings is 2. The van der Waals surface area contributed by atoms with E-state index in [0.29, 0.717) is 23.5 Å². The van der Waals surface area contributed by atoms with Gasteiger partial charge in [-0.25, -0.2) is 0 Å². The topological polar surface area (TPSA) is 70.7 Å². The predicted octanol–water partition coefficient (Wildman–Crippen LogP) is 4.18. The van der Waals surface area contributed by atoms with Crippen LogP contribution < -0.4 is 0 Å². The molecule has 0 radical (unpaired) electrons. The van der Waals surface area contributed by atoms with E-state index in [1.807, 2.05) is 31.2 Å². The van der Waals surface area contributed by atoms with Gasteiger partial charge in [-0.1, -0.05) is 36.4 Å². The van der Waals surface area contributed by atoms with Gasteiger partial charge in [0.1, 0.15) is 11.5 Å². The van der Waals surface area contributed by atoms with Crippen LogP contribution in [0.3, 0.4) is 0 Å². The number of aromatic hydroxyl groups is 2. The number of carbonyl (C=O) groups is 1. The molecule has 0 saturated carbocycles.